The molecular formula is C12H16N2O4S. The van der Waals surface area contributed by atoms with Gasteiger partial charge in [-0.3, -0.25) is 14.4 Å². The number of carboxylic acids is 1. The Morgan fingerprint density at radius 3 is 2.74 bits per heavy atom. The molecule has 104 valence electrons. The minimum atomic E-state index is -0.959. The van der Waals surface area contributed by atoms with Crippen LogP contribution in [0.2, 0.25) is 0 Å². The number of amides is 2. The summed E-state index contributed by atoms with van der Waals surface area (Å²) in [5.74, 6) is -1.44. The fraction of sp³-hybridized carbons (Fsp3) is 0.417. The number of hydrogen-bond acceptors (Lipinski definition) is 4. The van der Waals surface area contributed by atoms with Gasteiger partial charge in [-0.1, -0.05) is 6.07 Å². The summed E-state index contributed by atoms with van der Waals surface area (Å²) in [6, 6.07) is 3.06. The van der Waals surface area contributed by atoms with Gasteiger partial charge >= 0.3 is 5.97 Å². The number of rotatable bonds is 7. The molecule has 1 rings (SSSR count). The molecular weight excluding hydrogens is 268 g/mol. The average Bonchev–Trinajstić information content (AvgIpc) is 2.80. The van der Waals surface area contributed by atoms with Crippen molar-refractivity contribution in [3.05, 3.63) is 22.4 Å². The number of nitrogens with one attached hydrogen (secondary N) is 2. The van der Waals surface area contributed by atoms with Crippen molar-refractivity contribution in [3.63, 3.8) is 0 Å². The van der Waals surface area contributed by atoms with Crippen molar-refractivity contribution >= 4 is 29.1 Å². The maximum absolute atomic E-state index is 11.5. The molecule has 0 aliphatic heterocycles. The highest BCUT2D eigenvalue weighted by molar-refractivity contribution is 7.12. The molecule has 19 heavy (non-hydrogen) atoms. The lowest BCUT2D eigenvalue weighted by atomic mass is 10.2. The fourth-order valence-electron chi connectivity index (χ4n) is 1.44. The highest BCUT2D eigenvalue weighted by atomic mass is 32.1. The Kier molecular flexibility index (Phi) is 6.01. The van der Waals surface area contributed by atoms with Gasteiger partial charge in [0.15, 0.2) is 0 Å². The number of carbonyl (C=O) groups excluding carboxylic acids is 2. The van der Waals surface area contributed by atoms with Gasteiger partial charge < -0.3 is 15.7 Å². The van der Waals surface area contributed by atoms with Gasteiger partial charge in [0.05, 0.1) is 11.3 Å². The minimum absolute atomic E-state index is 0.118. The second-order valence-electron chi connectivity index (χ2n) is 4.05. The third-order valence-electron chi connectivity index (χ3n) is 2.27. The molecule has 2 amide bonds. The molecule has 0 aliphatic rings. The van der Waals surface area contributed by atoms with Crippen molar-refractivity contribution in [1.82, 2.24) is 10.6 Å². The van der Waals surface area contributed by atoms with Crippen LogP contribution in [0.3, 0.4) is 0 Å². The zero-order valence-electron chi connectivity index (χ0n) is 10.5. The summed E-state index contributed by atoms with van der Waals surface area (Å²) < 4.78 is 0. The molecule has 0 aromatic carbocycles. The van der Waals surface area contributed by atoms with Gasteiger partial charge in [0.1, 0.15) is 0 Å². The molecule has 7 heteroatoms. The van der Waals surface area contributed by atoms with Gasteiger partial charge in [0, 0.05) is 19.0 Å². The third-order valence-corrected chi connectivity index (χ3v) is 3.14. The normalized spacial score (nSPS) is 11.6. The number of thiophene rings is 1. The Bertz CT molecular complexity index is 445. The van der Waals surface area contributed by atoms with Gasteiger partial charge in [-0.2, -0.15) is 0 Å². The van der Waals surface area contributed by atoms with Crippen molar-refractivity contribution in [2.45, 2.75) is 25.8 Å². The average molecular weight is 284 g/mol. The van der Waals surface area contributed by atoms with E-state index in [0.717, 1.165) is 0 Å². The Hall–Kier alpha value is -1.89. The maximum Gasteiger partial charge on any atom is 0.305 e. The molecule has 1 aromatic heterocycles. The van der Waals surface area contributed by atoms with Crippen LogP contribution in [0.1, 0.15) is 29.4 Å². The number of aliphatic carboxylic acids is 1. The molecule has 0 bridgehead atoms. The summed E-state index contributed by atoms with van der Waals surface area (Å²) in [7, 11) is 0. The molecule has 1 unspecified atom stereocenters. The van der Waals surface area contributed by atoms with Crippen molar-refractivity contribution in [1.29, 1.82) is 0 Å². The van der Waals surface area contributed by atoms with Gasteiger partial charge in [0.2, 0.25) is 5.91 Å². The summed E-state index contributed by atoms with van der Waals surface area (Å²) in [4.78, 5) is 34.0. The van der Waals surface area contributed by atoms with Gasteiger partial charge in [0.25, 0.3) is 5.91 Å². The van der Waals surface area contributed by atoms with E-state index in [2.05, 4.69) is 10.6 Å². The molecule has 1 aromatic rings. The fourth-order valence-corrected chi connectivity index (χ4v) is 2.08. The van der Waals surface area contributed by atoms with Crippen LogP contribution < -0.4 is 10.6 Å². The lowest BCUT2D eigenvalue weighted by molar-refractivity contribution is -0.137. The van der Waals surface area contributed by atoms with Crippen LogP contribution in [0, 0.1) is 0 Å². The first kappa shape index (κ1) is 15.2. The van der Waals surface area contributed by atoms with E-state index < -0.39 is 12.0 Å². The molecule has 3 N–H and O–H groups in total. The monoisotopic (exact) mass is 284 g/mol. The second kappa shape index (κ2) is 7.52. The highest BCUT2D eigenvalue weighted by Crippen LogP contribution is 2.07. The Morgan fingerprint density at radius 2 is 2.16 bits per heavy atom. The Morgan fingerprint density at radius 1 is 1.42 bits per heavy atom. The van der Waals surface area contributed by atoms with Crippen LogP contribution in [-0.4, -0.2) is 35.5 Å². The lowest BCUT2D eigenvalue weighted by Gasteiger charge is -2.11. The van der Waals surface area contributed by atoms with Crippen LogP contribution in [0.15, 0.2) is 17.5 Å². The molecule has 1 heterocycles. The van der Waals surface area contributed by atoms with E-state index in [9.17, 15) is 14.4 Å². The summed E-state index contributed by atoms with van der Waals surface area (Å²) >= 11 is 1.33. The van der Waals surface area contributed by atoms with Crippen molar-refractivity contribution in [2.24, 2.45) is 0 Å². The maximum atomic E-state index is 11.5. The van der Waals surface area contributed by atoms with Gasteiger partial charge in [-0.15, -0.1) is 11.3 Å². The number of carboxylic acid groups (broad SMARTS) is 1. The van der Waals surface area contributed by atoms with Crippen LogP contribution in [-0.2, 0) is 9.59 Å². The molecule has 0 saturated carbocycles. The molecule has 1 atom stereocenters. The summed E-state index contributed by atoms with van der Waals surface area (Å²) in [5.41, 5.74) is 0. The highest BCUT2D eigenvalue weighted by Gasteiger charge is 2.11. The Labute approximate surface area is 114 Å². The van der Waals surface area contributed by atoms with Crippen molar-refractivity contribution in [3.8, 4) is 0 Å². The molecule has 0 aliphatic carbocycles. The topological polar surface area (TPSA) is 95.5 Å². The summed E-state index contributed by atoms with van der Waals surface area (Å²) in [5, 5.41) is 15.5. The lowest BCUT2D eigenvalue weighted by Crippen LogP contribution is -2.36. The first-order chi connectivity index (χ1) is 8.99. The first-order valence-electron chi connectivity index (χ1n) is 5.82. The van der Waals surface area contributed by atoms with Gasteiger partial charge in [-0.05, 0) is 18.4 Å². The quantitative estimate of drug-likeness (QED) is 0.691. The molecule has 0 spiro atoms. The first-order valence-corrected chi connectivity index (χ1v) is 6.70. The largest absolute Gasteiger partial charge is 0.481 e. The zero-order chi connectivity index (χ0) is 14.3. The molecule has 0 saturated heterocycles. The van der Waals surface area contributed by atoms with E-state index in [-0.39, 0.29) is 31.2 Å². The second-order valence-corrected chi connectivity index (χ2v) is 5.00. The SMILES string of the molecule is CC(CC(=O)O)NC(=O)CCNC(=O)c1cccs1. The molecule has 6 nitrogen and oxygen atoms in total. The standard InChI is InChI=1S/C12H16N2O4S/c1-8(7-11(16)17)14-10(15)4-5-13-12(18)9-3-2-6-19-9/h2-3,6,8H,4-5,7H2,1H3,(H,13,18)(H,14,15)(H,16,17). The van der Waals surface area contributed by atoms with Crippen LogP contribution in [0.5, 0.6) is 0 Å². The van der Waals surface area contributed by atoms with Crippen molar-refractivity contribution < 1.29 is 19.5 Å². The van der Waals surface area contributed by atoms with E-state index in [1.54, 1.807) is 24.4 Å². The van der Waals surface area contributed by atoms with E-state index in [1.165, 1.54) is 11.3 Å². The number of carbonyl (C=O) groups is 3. The summed E-state index contributed by atoms with van der Waals surface area (Å²) in [6.45, 7) is 1.85. The van der Waals surface area contributed by atoms with Crippen molar-refractivity contribution in [2.75, 3.05) is 6.54 Å². The summed E-state index contributed by atoms with van der Waals surface area (Å²) in [6.07, 6.45) is 0.00830. The van der Waals surface area contributed by atoms with E-state index >= 15 is 0 Å². The van der Waals surface area contributed by atoms with E-state index in [4.69, 9.17) is 5.11 Å². The third kappa shape index (κ3) is 6.01. The predicted molar refractivity (Wildman–Crippen MR) is 71.1 cm³/mol. The predicted octanol–water partition coefficient (Wildman–Crippen LogP) is 0.847. The minimum Gasteiger partial charge on any atom is -0.481 e. The van der Waals surface area contributed by atoms with E-state index in [1.807, 2.05) is 0 Å². The van der Waals surface area contributed by atoms with Crippen LogP contribution in [0.4, 0.5) is 0 Å². The molecule has 0 fully saturated rings. The molecule has 0 radical (unpaired) electrons. The van der Waals surface area contributed by atoms with E-state index in [0.29, 0.717) is 4.88 Å². The Balaban J connectivity index is 2.20. The van der Waals surface area contributed by atoms with Crippen LogP contribution in [0.25, 0.3) is 0 Å². The number of hydrogen-bond donors (Lipinski definition) is 3. The van der Waals surface area contributed by atoms with Gasteiger partial charge in [-0.25, -0.2) is 0 Å². The smallest absolute Gasteiger partial charge is 0.305 e. The van der Waals surface area contributed by atoms with Crippen LogP contribution >= 0.6 is 11.3 Å². The zero-order valence-corrected chi connectivity index (χ0v) is 11.3.